The van der Waals surface area contributed by atoms with Crippen molar-refractivity contribution in [2.45, 2.75) is 46.7 Å². The number of amides is 1. The molecule has 2 atom stereocenters. The summed E-state index contributed by atoms with van der Waals surface area (Å²) in [5.74, 6) is 0.276. The van der Waals surface area contributed by atoms with Gasteiger partial charge in [-0.3, -0.25) is 4.79 Å². The normalized spacial score (nSPS) is 13.9. The van der Waals surface area contributed by atoms with Gasteiger partial charge in [0.2, 0.25) is 5.91 Å². The van der Waals surface area contributed by atoms with Gasteiger partial charge in [0.15, 0.2) is 0 Å². The first-order chi connectivity index (χ1) is 9.01. The maximum Gasteiger partial charge on any atom is 0.240 e. The fraction of sp³-hybridized carbons (Fsp3) is 0.562. The molecule has 1 aromatic carbocycles. The molecule has 19 heavy (non-hydrogen) atoms. The summed E-state index contributed by atoms with van der Waals surface area (Å²) in [6.07, 6.45) is 0.925. The van der Waals surface area contributed by atoms with Crippen LogP contribution in [0.3, 0.4) is 0 Å². The van der Waals surface area contributed by atoms with Crippen LogP contribution in [0.25, 0.3) is 0 Å². The van der Waals surface area contributed by atoms with Gasteiger partial charge in [0, 0.05) is 13.1 Å². The van der Waals surface area contributed by atoms with Crippen LogP contribution >= 0.6 is 0 Å². The van der Waals surface area contributed by atoms with E-state index in [4.69, 9.17) is 5.73 Å². The summed E-state index contributed by atoms with van der Waals surface area (Å²) in [4.78, 5) is 14.2. The number of nitrogens with two attached hydrogens (primary N) is 1. The van der Waals surface area contributed by atoms with E-state index in [1.165, 1.54) is 11.1 Å². The van der Waals surface area contributed by atoms with Crippen molar-refractivity contribution in [1.82, 2.24) is 4.90 Å². The summed E-state index contributed by atoms with van der Waals surface area (Å²) < 4.78 is 0. The summed E-state index contributed by atoms with van der Waals surface area (Å²) in [6.45, 7) is 9.50. The van der Waals surface area contributed by atoms with E-state index >= 15 is 0 Å². The maximum atomic E-state index is 12.4. The number of aryl methyl sites for hydroxylation is 1. The highest BCUT2D eigenvalue weighted by Gasteiger charge is 2.24. The van der Waals surface area contributed by atoms with Crippen molar-refractivity contribution in [2.75, 3.05) is 6.54 Å². The second kappa shape index (κ2) is 7.29. The minimum absolute atomic E-state index is 0.0557. The van der Waals surface area contributed by atoms with E-state index < -0.39 is 6.04 Å². The Morgan fingerprint density at radius 1 is 1.32 bits per heavy atom. The van der Waals surface area contributed by atoms with E-state index in [0.717, 1.165) is 6.42 Å². The van der Waals surface area contributed by atoms with Crippen LogP contribution in [-0.2, 0) is 11.3 Å². The van der Waals surface area contributed by atoms with Crippen molar-refractivity contribution in [3.8, 4) is 0 Å². The molecule has 3 nitrogen and oxygen atoms in total. The van der Waals surface area contributed by atoms with Crippen LogP contribution < -0.4 is 5.73 Å². The standard InChI is InChI=1S/C16H26N2O/c1-5-12(3)15(17)16(19)18(6-2)11-14-10-8-7-9-13(14)4/h7-10,12,15H,5-6,11,17H2,1-4H3/t12?,15-/m0/s1. The smallest absolute Gasteiger partial charge is 0.240 e. The first-order valence-corrected chi connectivity index (χ1v) is 7.10. The lowest BCUT2D eigenvalue weighted by Crippen LogP contribution is -2.46. The molecule has 1 amide bonds. The third kappa shape index (κ3) is 4.06. The molecule has 2 N–H and O–H groups in total. The predicted molar refractivity (Wildman–Crippen MR) is 79.7 cm³/mol. The van der Waals surface area contributed by atoms with Gasteiger partial charge in [-0.15, -0.1) is 0 Å². The van der Waals surface area contributed by atoms with Gasteiger partial charge < -0.3 is 10.6 Å². The molecule has 0 aliphatic carbocycles. The van der Waals surface area contributed by atoms with Crippen LogP contribution in [0.4, 0.5) is 0 Å². The van der Waals surface area contributed by atoms with Gasteiger partial charge in [-0.2, -0.15) is 0 Å². The average molecular weight is 262 g/mol. The monoisotopic (exact) mass is 262 g/mol. The Kier molecular flexibility index (Phi) is 6.03. The summed E-state index contributed by atoms with van der Waals surface area (Å²) in [7, 11) is 0. The van der Waals surface area contributed by atoms with E-state index in [-0.39, 0.29) is 11.8 Å². The maximum absolute atomic E-state index is 12.4. The zero-order valence-electron chi connectivity index (χ0n) is 12.5. The zero-order chi connectivity index (χ0) is 14.4. The van der Waals surface area contributed by atoms with Gasteiger partial charge in [0.05, 0.1) is 6.04 Å². The molecule has 0 aliphatic heterocycles. The third-order valence-electron chi connectivity index (χ3n) is 3.86. The van der Waals surface area contributed by atoms with Crippen molar-refractivity contribution in [3.05, 3.63) is 35.4 Å². The van der Waals surface area contributed by atoms with Crippen molar-refractivity contribution < 1.29 is 4.79 Å². The van der Waals surface area contributed by atoms with Crippen LogP contribution in [0.1, 0.15) is 38.3 Å². The van der Waals surface area contributed by atoms with Gasteiger partial charge in [-0.1, -0.05) is 44.5 Å². The van der Waals surface area contributed by atoms with Crippen LogP contribution in [0.2, 0.25) is 0 Å². The van der Waals surface area contributed by atoms with Crippen molar-refractivity contribution in [2.24, 2.45) is 11.7 Å². The highest BCUT2D eigenvalue weighted by molar-refractivity contribution is 5.82. The quantitative estimate of drug-likeness (QED) is 0.857. The SMILES string of the molecule is CCC(C)[C@H](N)C(=O)N(CC)Cc1ccccc1C. The lowest BCUT2D eigenvalue weighted by atomic mass is 9.98. The second-order valence-electron chi connectivity index (χ2n) is 5.19. The van der Waals surface area contributed by atoms with Gasteiger partial charge in [-0.25, -0.2) is 0 Å². The summed E-state index contributed by atoms with van der Waals surface area (Å²) >= 11 is 0. The summed E-state index contributed by atoms with van der Waals surface area (Å²) in [5, 5.41) is 0. The lowest BCUT2D eigenvalue weighted by Gasteiger charge is -2.27. The van der Waals surface area contributed by atoms with Gasteiger partial charge in [0.25, 0.3) is 0 Å². The zero-order valence-corrected chi connectivity index (χ0v) is 12.5. The molecular formula is C16H26N2O. The van der Waals surface area contributed by atoms with Crippen LogP contribution in [0.5, 0.6) is 0 Å². The first-order valence-electron chi connectivity index (χ1n) is 7.10. The largest absolute Gasteiger partial charge is 0.337 e. The van der Waals surface area contributed by atoms with E-state index in [9.17, 15) is 4.79 Å². The number of carbonyl (C=O) groups excluding carboxylic acids is 1. The number of hydrogen-bond donors (Lipinski definition) is 1. The Hall–Kier alpha value is -1.35. The molecule has 0 aliphatic rings. The number of nitrogens with zero attached hydrogens (tertiary/aromatic N) is 1. The van der Waals surface area contributed by atoms with E-state index in [1.54, 1.807) is 0 Å². The molecular weight excluding hydrogens is 236 g/mol. The molecule has 1 aromatic rings. The second-order valence-corrected chi connectivity index (χ2v) is 5.19. The highest BCUT2D eigenvalue weighted by atomic mass is 16.2. The Bertz CT molecular complexity index is 417. The topological polar surface area (TPSA) is 46.3 Å². The average Bonchev–Trinajstić information content (AvgIpc) is 2.44. The highest BCUT2D eigenvalue weighted by Crippen LogP contribution is 2.14. The van der Waals surface area contributed by atoms with Gasteiger partial charge in [-0.05, 0) is 30.9 Å². The molecule has 0 bridgehead atoms. The lowest BCUT2D eigenvalue weighted by molar-refractivity contribution is -0.134. The molecule has 0 spiro atoms. The fourth-order valence-electron chi connectivity index (χ4n) is 2.05. The van der Waals surface area contributed by atoms with Gasteiger partial charge in [0.1, 0.15) is 0 Å². The number of likely N-dealkylation sites (N-methyl/N-ethyl adjacent to an activating group) is 1. The Labute approximate surface area is 116 Å². The van der Waals surface area contributed by atoms with Crippen LogP contribution in [0.15, 0.2) is 24.3 Å². The summed E-state index contributed by atoms with van der Waals surface area (Å²) in [5.41, 5.74) is 8.45. The van der Waals surface area contributed by atoms with Crippen molar-refractivity contribution in [3.63, 3.8) is 0 Å². The molecule has 0 radical (unpaired) electrons. The molecule has 1 unspecified atom stereocenters. The minimum Gasteiger partial charge on any atom is -0.337 e. The summed E-state index contributed by atoms with van der Waals surface area (Å²) in [6, 6.07) is 7.77. The Balaban J connectivity index is 2.79. The molecule has 1 rings (SSSR count). The number of hydrogen-bond acceptors (Lipinski definition) is 2. The number of carbonyl (C=O) groups is 1. The number of rotatable bonds is 6. The first kappa shape index (κ1) is 15.7. The van der Waals surface area contributed by atoms with E-state index in [1.807, 2.05) is 30.9 Å². The third-order valence-corrected chi connectivity index (χ3v) is 3.86. The van der Waals surface area contributed by atoms with Crippen LogP contribution in [-0.4, -0.2) is 23.4 Å². The van der Waals surface area contributed by atoms with E-state index in [0.29, 0.717) is 13.1 Å². The van der Waals surface area contributed by atoms with E-state index in [2.05, 4.69) is 26.0 Å². The molecule has 0 saturated carbocycles. The number of benzene rings is 1. The fourth-order valence-corrected chi connectivity index (χ4v) is 2.05. The Morgan fingerprint density at radius 3 is 2.47 bits per heavy atom. The molecule has 0 aromatic heterocycles. The molecule has 3 heteroatoms. The minimum atomic E-state index is -0.394. The predicted octanol–water partition coefficient (Wildman–Crippen LogP) is 2.72. The van der Waals surface area contributed by atoms with Crippen LogP contribution in [0, 0.1) is 12.8 Å². The van der Waals surface area contributed by atoms with Crippen molar-refractivity contribution in [1.29, 1.82) is 0 Å². The van der Waals surface area contributed by atoms with Crippen molar-refractivity contribution >= 4 is 5.91 Å². The molecule has 106 valence electrons. The van der Waals surface area contributed by atoms with Gasteiger partial charge >= 0.3 is 0 Å². The Morgan fingerprint density at radius 2 is 1.95 bits per heavy atom. The molecule has 0 heterocycles. The molecule has 0 saturated heterocycles. The molecule has 0 fully saturated rings.